The van der Waals surface area contributed by atoms with Gasteiger partial charge in [-0.25, -0.2) is 0 Å². The van der Waals surface area contributed by atoms with Gasteiger partial charge in [-0.05, 0) is 43.5 Å². The van der Waals surface area contributed by atoms with E-state index in [1.165, 1.54) is 12.8 Å². The van der Waals surface area contributed by atoms with Crippen molar-refractivity contribution in [2.75, 3.05) is 26.7 Å². The van der Waals surface area contributed by atoms with Crippen LogP contribution in [0.1, 0.15) is 31.7 Å². The van der Waals surface area contributed by atoms with Crippen LogP contribution in [0.4, 0.5) is 0 Å². The Kier molecular flexibility index (Phi) is 6.05. The Bertz CT molecular complexity index is 456. The highest BCUT2D eigenvalue weighted by atomic mass is 16.5. The maximum atomic E-state index is 12.5. The van der Waals surface area contributed by atoms with Crippen LogP contribution >= 0.6 is 0 Å². The highest BCUT2D eigenvalue weighted by Crippen LogP contribution is 2.15. The van der Waals surface area contributed by atoms with Crippen molar-refractivity contribution in [1.82, 2.24) is 10.2 Å². The summed E-state index contributed by atoms with van der Waals surface area (Å²) in [5.41, 5.74) is 1.01. The summed E-state index contributed by atoms with van der Waals surface area (Å²) in [5.74, 6) is 1.01. The zero-order chi connectivity index (χ0) is 15.1. The second-order valence-corrected chi connectivity index (χ2v) is 5.66. The average molecular weight is 290 g/mol. The first-order chi connectivity index (χ1) is 10.2. The molecule has 0 aromatic heterocycles. The number of ether oxygens (including phenoxy) is 1. The van der Waals surface area contributed by atoms with Crippen LogP contribution in [0.2, 0.25) is 0 Å². The van der Waals surface area contributed by atoms with Gasteiger partial charge in [-0.15, -0.1) is 0 Å². The van der Waals surface area contributed by atoms with Crippen LogP contribution < -0.4 is 10.1 Å². The largest absolute Gasteiger partial charge is 0.497 e. The molecule has 21 heavy (non-hydrogen) atoms. The molecule has 4 heteroatoms. The fraction of sp³-hybridized carbons (Fsp3) is 0.588. The number of nitrogens with zero attached hydrogens (tertiary/aromatic N) is 1. The molecule has 0 bridgehead atoms. The van der Waals surface area contributed by atoms with Crippen molar-refractivity contribution in [3.05, 3.63) is 29.8 Å². The third-order valence-corrected chi connectivity index (χ3v) is 3.94. The molecule has 0 radical (unpaired) electrons. The maximum absolute atomic E-state index is 12.5. The second-order valence-electron chi connectivity index (χ2n) is 5.66. The summed E-state index contributed by atoms with van der Waals surface area (Å²) < 4.78 is 5.22. The molecule has 1 N–H and O–H groups in total. The molecule has 1 aromatic carbocycles. The molecule has 1 aliphatic heterocycles. The summed E-state index contributed by atoms with van der Waals surface area (Å²) in [6.45, 7) is 4.86. The summed E-state index contributed by atoms with van der Waals surface area (Å²) >= 11 is 0. The first kappa shape index (κ1) is 15.8. The van der Waals surface area contributed by atoms with Gasteiger partial charge in [0, 0.05) is 19.1 Å². The molecule has 1 atom stereocenters. The predicted octanol–water partition coefficient (Wildman–Crippen LogP) is 2.23. The van der Waals surface area contributed by atoms with Crippen LogP contribution in [0, 0.1) is 0 Å². The highest BCUT2D eigenvalue weighted by molar-refractivity contribution is 5.79. The van der Waals surface area contributed by atoms with Crippen LogP contribution in [0.25, 0.3) is 0 Å². The Labute approximate surface area is 127 Å². The number of rotatable bonds is 7. The molecule has 2 rings (SSSR count). The monoisotopic (exact) mass is 290 g/mol. The predicted molar refractivity (Wildman–Crippen MR) is 84.6 cm³/mol. The van der Waals surface area contributed by atoms with E-state index in [1.807, 2.05) is 29.2 Å². The van der Waals surface area contributed by atoms with Gasteiger partial charge in [0.25, 0.3) is 0 Å². The Morgan fingerprint density at radius 3 is 3.00 bits per heavy atom. The summed E-state index contributed by atoms with van der Waals surface area (Å²) in [6.07, 6.45) is 3.84. The van der Waals surface area contributed by atoms with Crippen molar-refractivity contribution in [3.63, 3.8) is 0 Å². The Morgan fingerprint density at radius 1 is 1.48 bits per heavy atom. The van der Waals surface area contributed by atoms with E-state index in [9.17, 15) is 4.79 Å². The molecule has 116 valence electrons. The number of hydrogen-bond acceptors (Lipinski definition) is 3. The quantitative estimate of drug-likeness (QED) is 0.837. The first-order valence-corrected chi connectivity index (χ1v) is 7.87. The second kappa shape index (κ2) is 8.03. The average Bonchev–Trinajstić information content (AvgIpc) is 3.00. The smallest absolute Gasteiger partial charge is 0.227 e. The van der Waals surface area contributed by atoms with Crippen molar-refractivity contribution >= 4 is 5.91 Å². The van der Waals surface area contributed by atoms with E-state index in [0.29, 0.717) is 12.5 Å². The van der Waals surface area contributed by atoms with Gasteiger partial charge in [0.1, 0.15) is 5.75 Å². The van der Waals surface area contributed by atoms with Gasteiger partial charge in [-0.1, -0.05) is 19.1 Å². The number of carbonyl (C=O) groups is 1. The third kappa shape index (κ3) is 4.74. The lowest BCUT2D eigenvalue weighted by molar-refractivity contribution is -0.130. The van der Waals surface area contributed by atoms with Gasteiger partial charge < -0.3 is 15.0 Å². The van der Waals surface area contributed by atoms with Crippen LogP contribution in [0.3, 0.4) is 0 Å². The van der Waals surface area contributed by atoms with Crippen LogP contribution in [0.5, 0.6) is 5.75 Å². The molecule has 1 aliphatic rings. The zero-order valence-electron chi connectivity index (χ0n) is 13.1. The van der Waals surface area contributed by atoms with Gasteiger partial charge in [0.15, 0.2) is 0 Å². The standard InChI is InChI=1S/C17H26N2O2/c1-3-10-19(13-15-7-5-9-18-15)17(20)12-14-6-4-8-16(11-14)21-2/h4,6,8,11,15,18H,3,5,7,9-10,12-13H2,1-2H3. The van der Waals surface area contributed by atoms with Crippen LogP contribution in [-0.4, -0.2) is 43.6 Å². The molecule has 1 saturated heterocycles. The summed E-state index contributed by atoms with van der Waals surface area (Å²) in [7, 11) is 1.65. The molecule has 0 aliphatic carbocycles. The SMILES string of the molecule is CCCN(CC1CCCN1)C(=O)Cc1cccc(OC)c1. The van der Waals surface area contributed by atoms with E-state index in [0.717, 1.165) is 37.4 Å². The lowest BCUT2D eigenvalue weighted by Crippen LogP contribution is -2.42. The number of benzene rings is 1. The zero-order valence-corrected chi connectivity index (χ0v) is 13.1. The fourth-order valence-corrected chi connectivity index (χ4v) is 2.84. The van der Waals surface area contributed by atoms with E-state index in [-0.39, 0.29) is 5.91 Å². The topological polar surface area (TPSA) is 41.6 Å². The van der Waals surface area contributed by atoms with Gasteiger partial charge in [0.05, 0.1) is 13.5 Å². The molecule has 1 amide bonds. The fourth-order valence-electron chi connectivity index (χ4n) is 2.84. The molecule has 4 nitrogen and oxygen atoms in total. The van der Waals surface area contributed by atoms with E-state index in [4.69, 9.17) is 4.74 Å². The molecule has 1 heterocycles. The Hall–Kier alpha value is -1.55. The molecule has 1 fully saturated rings. The molecule has 1 unspecified atom stereocenters. The van der Waals surface area contributed by atoms with Gasteiger partial charge in [-0.3, -0.25) is 4.79 Å². The third-order valence-electron chi connectivity index (χ3n) is 3.94. The van der Waals surface area contributed by atoms with Crippen molar-refractivity contribution in [2.24, 2.45) is 0 Å². The number of nitrogens with one attached hydrogen (secondary N) is 1. The van der Waals surface area contributed by atoms with E-state index in [2.05, 4.69) is 12.2 Å². The first-order valence-electron chi connectivity index (χ1n) is 7.87. The van der Waals surface area contributed by atoms with E-state index < -0.39 is 0 Å². The van der Waals surface area contributed by atoms with Gasteiger partial charge >= 0.3 is 0 Å². The van der Waals surface area contributed by atoms with Crippen molar-refractivity contribution in [1.29, 1.82) is 0 Å². The Balaban J connectivity index is 1.96. The molecular formula is C17H26N2O2. The van der Waals surface area contributed by atoms with E-state index >= 15 is 0 Å². The highest BCUT2D eigenvalue weighted by Gasteiger charge is 2.21. The minimum atomic E-state index is 0.207. The summed E-state index contributed by atoms with van der Waals surface area (Å²) in [5, 5.41) is 3.47. The van der Waals surface area contributed by atoms with Crippen LogP contribution in [-0.2, 0) is 11.2 Å². The van der Waals surface area contributed by atoms with Crippen molar-refractivity contribution in [3.8, 4) is 5.75 Å². The number of hydrogen-bond donors (Lipinski definition) is 1. The van der Waals surface area contributed by atoms with E-state index in [1.54, 1.807) is 7.11 Å². The molecule has 1 aromatic rings. The van der Waals surface area contributed by atoms with Crippen molar-refractivity contribution < 1.29 is 9.53 Å². The summed E-state index contributed by atoms with van der Waals surface area (Å²) in [6, 6.07) is 8.23. The van der Waals surface area contributed by atoms with Gasteiger partial charge in [0.2, 0.25) is 5.91 Å². The number of amides is 1. The van der Waals surface area contributed by atoms with Crippen molar-refractivity contribution in [2.45, 2.75) is 38.6 Å². The maximum Gasteiger partial charge on any atom is 0.227 e. The van der Waals surface area contributed by atoms with Crippen LogP contribution in [0.15, 0.2) is 24.3 Å². The number of carbonyl (C=O) groups excluding carboxylic acids is 1. The lowest BCUT2D eigenvalue weighted by Gasteiger charge is -2.25. The minimum absolute atomic E-state index is 0.207. The minimum Gasteiger partial charge on any atom is -0.497 e. The number of methoxy groups -OCH3 is 1. The molecule has 0 spiro atoms. The Morgan fingerprint density at radius 2 is 2.33 bits per heavy atom. The summed E-state index contributed by atoms with van der Waals surface area (Å²) in [4.78, 5) is 14.5. The lowest BCUT2D eigenvalue weighted by atomic mass is 10.1. The van der Waals surface area contributed by atoms with Gasteiger partial charge in [-0.2, -0.15) is 0 Å². The molecule has 0 saturated carbocycles. The normalized spacial score (nSPS) is 17.7. The molecular weight excluding hydrogens is 264 g/mol.